The maximum Gasteiger partial charge on any atom is 0.243 e. The topological polar surface area (TPSA) is 122 Å². The summed E-state index contributed by atoms with van der Waals surface area (Å²) in [6, 6.07) is -0.718. The van der Waals surface area contributed by atoms with Crippen LogP contribution in [0.25, 0.3) is 0 Å². The summed E-state index contributed by atoms with van der Waals surface area (Å²) in [5, 5.41) is 5.05. The van der Waals surface area contributed by atoms with Crippen LogP contribution >= 0.6 is 0 Å². The molecule has 1 rings (SSSR count). The number of amides is 4. The number of carbonyl (C=O) groups is 4. The van der Waals surface area contributed by atoms with Crippen molar-refractivity contribution in [2.24, 2.45) is 17.1 Å². The average Bonchev–Trinajstić information content (AvgIpc) is 2.98. The first-order chi connectivity index (χ1) is 13.6. The van der Waals surface area contributed by atoms with E-state index >= 15 is 0 Å². The molecule has 0 radical (unpaired) electrons. The Bertz CT molecular complexity index is 643. The molecule has 0 saturated carbocycles. The first-order valence-corrected chi connectivity index (χ1v) is 10.4. The van der Waals surface area contributed by atoms with Gasteiger partial charge in [0.15, 0.2) is 0 Å². The predicted octanol–water partition coefficient (Wildman–Crippen LogP) is 1.45. The Balaban J connectivity index is 2.52. The molecule has 0 spiro atoms. The molecule has 1 saturated heterocycles. The maximum atomic E-state index is 12.9. The number of hydrogen-bond donors (Lipinski definition) is 3. The fraction of sp³-hybridized carbons (Fsp3) is 0.714. The molecule has 0 aliphatic carbocycles. The smallest absolute Gasteiger partial charge is 0.243 e. The maximum absolute atomic E-state index is 12.9. The number of carbonyl (C=O) groups excluding carboxylic acids is 4. The summed E-state index contributed by atoms with van der Waals surface area (Å²) < 4.78 is 0. The van der Waals surface area contributed by atoms with Gasteiger partial charge in [0, 0.05) is 24.6 Å². The lowest BCUT2D eigenvalue weighted by atomic mass is 9.72. The molecule has 1 fully saturated rings. The van der Waals surface area contributed by atoms with E-state index in [0.717, 1.165) is 18.5 Å². The molecule has 1 aliphatic heterocycles. The Labute approximate surface area is 173 Å². The van der Waals surface area contributed by atoms with Gasteiger partial charge in [-0.15, -0.1) is 0 Å². The molecule has 0 aromatic heterocycles. The van der Waals surface area contributed by atoms with E-state index in [1.54, 1.807) is 11.8 Å². The number of nitrogens with one attached hydrogen (secondary N) is 2. The highest BCUT2D eigenvalue weighted by Gasteiger charge is 2.44. The van der Waals surface area contributed by atoms with Gasteiger partial charge in [0.1, 0.15) is 6.04 Å². The van der Waals surface area contributed by atoms with Crippen LogP contribution in [0.4, 0.5) is 0 Å². The second-order valence-electron chi connectivity index (χ2n) is 7.99. The van der Waals surface area contributed by atoms with Crippen molar-refractivity contribution >= 4 is 23.6 Å². The molecule has 1 aliphatic rings. The second-order valence-corrected chi connectivity index (χ2v) is 7.99. The minimum atomic E-state index is -0.718. The van der Waals surface area contributed by atoms with E-state index in [4.69, 9.17) is 5.73 Å². The highest BCUT2D eigenvalue weighted by Crippen LogP contribution is 2.43. The summed E-state index contributed by atoms with van der Waals surface area (Å²) in [4.78, 5) is 49.5. The zero-order valence-electron chi connectivity index (χ0n) is 18.2. The van der Waals surface area contributed by atoms with Gasteiger partial charge in [0.25, 0.3) is 0 Å². The van der Waals surface area contributed by atoms with E-state index in [1.807, 2.05) is 0 Å². The lowest BCUT2D eigenvalue weighted by Crippen LogP contribution is -2.48. The summed E-state index contributed by atoms with van der Waals surface area (Å²) in [5.41, 5.74) is 5.77. The zero-order valence-corrected chi connectivity index (χ0v) is 18.2. The molecule has 8 heteroatoms. The molecule has 2 atom stereocenters. The van der Waals surface area contributed by atoms with Gasteiger partial charge < -0.3 is 21.3 Å². The molecule has 0 aromatic rings. The standard InChI is InChI=1S/C21H36N4O4/c1-6-16(19(28)23-13-17(22)26)24-18(27)10-9-11-25-14(4)12-15(20(25)29)21(5,7-2)8-3/h15-16H,4,6-13H2,1-3,5H3,(H2,22,26)(H,23,28)(H,24,27)/t15?,16-/m0/s1. The van der Waals surface area contributed by atoms with Gasteiger partial charge in [-0.2, -0.15) is 0 Å². The van der Waals surface area contributed by atoms with Crippen molar-refractivity contribution in [2.45, 2.75) is 72.3 Å². The van der Waals surface area contributed by atoms with E-state index in [1.165, 1.54) is 0 Å². The van der Waals surface area contributed by atoms with Gasteiger partial charge in [0.05, 0.1) is 6.54 Å². The summed E-state index contributed by atoms with van der Waals surface area (Å²) >= 11 is 0. The van der Waals surface area contributed by atoms with Gasteiger partial charge in [-0.25, -0.2) is 0 Å². The number of rotatable bonds is 12. The largest absolute Gasteiger partial charge is 0.368 e. The molecule has 0 aromatic carbocycles. The summed E-state index contributed by atoms with van der Waals surface area (Å²) in [5.74, 6) is -1.32. The van der Waals surface area contributed by atoms with Crippen LogP contribution in [-0.2, 0) is 19.2 Å². The molecule has 0 bridgehead atoms. The van der Waals surface area contributed by atoms with Gasteiger partial charge in [-0.1, -0.05) is 34.3 Å². The van der Waals surface area contributed by atoms with Crippen LogP contribution in [0, 0.1) is 11.3 Å². The lowest BCUT2D eigenvalue weighted by Gasteiger charge is -2.32. The number of likely N-dealkylation sites (tertiary alicyclic amines) is 1. The molecule has 8 nitrogen and oxygen atoms in total. The quantitative estimate of drug-likeness (QED) is 0.452. The van der Waals surface area contributed by atoms with Crippen molar-refractivity contribution in [2.75, 3.05) is 13.1 Å². The van der Waals surface area contributed by atoms with E-state index in [2.05, 4.69) is 38.0 Å². The Morgan fingerprint density at radius 3 is 2.41 bits per heavy atom. The van der Waals surface area contributed by atoms with Gasteiger partial charge in [-0.3, -0.25) is 19.2 Å². The zero-order chi connectivity index (χ0) is 22.2. The Hall–Kier alpha value is -2.38. The molecule has 1 heterocycles. The minimum Gasteiger partial charge on any atom is -0.368 e. The van der Waals surface area contributed by atoms with Crippen molar-refractivity contribution in [1.82, 2.24) is 15.5 Å². The molecule has 4 amide bonds. The Morgan fingerprint density at radius 1 is 1.28 bits per heavy atom. The van der Waals surface area contributed by atoms with Crippen LogP contribution in [-0.4, -0.2) is 47.7 Å². The van der Waals surface area contributed by atoms with Crippen molar-refractivity contribution in [3.05, 3.63) is 12.3 Å². The fourth-order valence-corrected chi connectivity index (χ4v) is 3.65. The van der Waals surface area contributed by atoms with Crippen molar-refractivity contribution in [3.8, 4) is 0 Å². The highest BCUT2D eigenvalue weighted by atomic mass is 16.2. The molecule has 164 valence electrons. The van der Waals surface area contributed by atoms with Crippen LogP contribution in [0.3, 0.4) is 0 Å². The van der Waals surface area contributed by atoms with Gasteiger partial charge in [-0.05, 0) is 37.5 Å². The SMILES string of the molecule is C=C1CC(C(C)(CC)CC)C(=O)N1CCCC(=O)N[C@@H](CC)C(=O)NCC(N)=O. The average molecular weight is 409 g/mol. The van der Waals surface area contributed by atoms with Crippen LogP contribution < -0.4 is 16.4 Å². The monoisotopic (exact) mass is 408 g/mol. The van der Waals surface area contributed by atoms with Crippen molar-refractivity contribution in [3.63, 3.8) is 0 Å². The highest BCUT2D eigenvalue weighted by molar-refractivity contribution is 5.90. The van der Waals surface area contributed by atoms with Gasteiger partial charge >= 0.3 is 0 Å². The van der Waals surface area contributed by atoms with Gasteiger partial charge in [0.2, 0.25) is 23.6 Å². The van der Waals surface area contributed by atoms with Crippen molar-refractivity contribution < 1.29 is 19.2 Å². The van der Waals surface area contributed by atoms with Crippen LogP contribution in [0.1, 0.15) is 66.2 Å². The molecular weight excluding hydrogens is 372 g/mol. The molecule has 29 heavy (non-hydrogen) atoms. The predicted molar refractivity (Wildman–Crippen MR) is 111 cm³/mol. The number of primary amides is 1. The number of allylic oxidation sites excluding steroid dienone is 1. The number of nitrogens with two attached hydrogens (primary N) is 1. The number of nitrogens with zero attached hydrogens (tertiary/aromatic N) is 1. The lowest BCUT2D eigenvalue weighted by molar-refractivity contribution is -0.134. The third kappa shape index (κ3) is 6.58. The van der Waals surface area contributed by atoms with Crippen molar-refractivity contribution in [1.29, 1.82) is 0 Å². The van der Waals surface area contributed by atoms with E-state index in [9.17, 15) is 19.2 Å². The van der Waals surface area contributed by atoms with E-state index < -0.39 is 17.9 Å². The second kappa shape index (κ2) is 11.0. The third-order valence-electron chi connectivity index (χ3n) is 6.12. The molecule has 4 N–H and O–H groups in total. The minimum absolute atomic E-state index is 0.0429. The van der Waals surface area contributed by atoms with E-state index in [-0.39, 0.29) is 36.1 Å². The normalized spacial score (nSPS) is 17.9. The van der Waals surface area contributed by atoms with Crippen LogP contribution in [0.2, 0.25) is 0 Å². The summed E-state index contributed by atoms with van der Waals surface area (Å²) in [6.07, 6.45) is 3.60. The third-order valence-corrected chi connectivity index (χ3v) is 6.12. The van der Waals surface area contributed by atoms with E-state index in [0.29, 0.717) is 25.8 Å². The Kier molecular flexibility index (Phi) is 9.33. The van der Waals surface area contributed by atoms with Crippen LogP contribution in [0.15, 0.2) is 12.3 Å². The summed E-state index contributed by atoms with van der Waals surface area (Å²) in [7, 11) is 0. The summed E-state index contributed by atoms with van der Waals surface area (Å²) in [6.45, 7) is 12.4. The first-order valence-electron chi connectivity index (χ1n) is 10.4. The van der Waals surface area contributed by atoms with Crippen LogP contribution in [0.5, 0.6) is 0 Å². The number of hydrogen-bond acceptors (Lipinski definition) is 4. The fourth-order valence-electron chi connectivity index (χ4n) is 3.65. The molecular formula is C21H36N4O4. The first kappa shape index (κ1) is 24.7. The molecule has 1 unspecified atom stereocenters. The Morgan fingerprint density at radius 2 is 1.90 bits per heavy atom.